The van der Waals surface area contributed by atoms with Gasteiger partial charge in [-0.2, -0.15) is 9.12 Å². The highest BCUT2D eigenvalue weighted by molar-refractivity contribution is 6.30. The summed E-state index contributed by atoms with van der Waals surface area (Å²) in [5.41, 5.74) is 0. The molecule has 0 amide bonds. The molecule has 9 heavy (non-hydrogen) atoms. The minimum atomic E-state index is -0.752. The molecular formula is C5H2ClFNO. The molecule has 1 radical (unpaired) electrons. The number of rotatable bonds is 0. The first-order valence-electron chi connectivity index (χ1n) is 2.16. The van der Waals surface area contributed by atoms with Gasteiger partial charge in [0.05, 0.1) is 0 Å². The summed E-state index contributed by atoms with van der Waals surface area (Å²) < 4.78 is 12.3. The monoisotopic (exact) mass is 146 g/mol. The molecule has 0 unspecified atom stereocenters. The Labute approximate surface area is 56.1 Å². The van der Waals surface area contributed by atoms with E-state index in [-0.39, 0.29) is 9.75 Å². The molecule has 0 aliphatic carbocycles. The van der Waals surface area contributed by atoms with Crippen LogP contribution in [0.3, 0.4) is 0 Å². The summed E-state index contributed by atoms with van der Waals surface area (Å²) in [7, 11) is 0. The first kappa shape index (κ1) is 6.29. The van der Waals surface area contributed by atoms with Gasteiger partial charge in [-0.1, -0.05) is 11.6 Å². The van der Waals surface area contributed by atoms with E-state index in [2.05, 4.69) is 0 Å². The van der Waals surface area contributed by atoms with Crippen LogP contribution < -0.4 is 4.73 Å². The third kappa shape index (κ3) is 1.54. The van der Waals surface area contributed by atoms with Gasteiger partial charge in [-0.15, -0.1) is 0 Å². The summed E-state index contributed by atoms with van der Waals surface area (Å²) in [6, 6.07) is 1.01. The van der Waals surface area contributed by atoms with Gasteiger partial charge < -0.3 is 5.21 Å². The van der Waals surface area contributed by atoms with E-state index >= 15 is 0 Å². The summed E-state index contributed by atoms with van der Waals surface area (Å²) in [5.74, 6) is -0.752. The van der Waals surface area contributed by atoms with Crippen molar-refractivity contribution in [1.82, 2.24) is 0 Å². The minimum Gasteiger partial charge on any atom is -0.618 e. The van der Waals surface area contributed by atoms with Gasteiger partial charge in [-0.25, -0.2) is 0 Å². The van der Waals surface area contributed by atoms with Gasteiger partial charge in [0.1, 0.15) is 5.02 Å². The summed E-state index contributed by atoms with van der Waals surface area (Å²) in [4.78, 5) is 0. The molecule has 0 bridgehead atoms. The topological polar surface area (TPSA) is 26.9 Å². The fourth-order valence-corrected chi connectivity index (χ4v) is 0.625. The molecule has 0 atom stereocenters. The van der Waals surface area contributed by atoms with Crippen LogP contribution in [0.15, 0.2) is 12.3 Å². The average molecular weight is 147 g/mol. The molecule has 4 heteroatoms. The molecule has 0 saturated carbocycles. The van der Waals surface area contributed by atoms with E-state index in [1.54, 1.807) is 0 Å². The molecule has 1 aromatic rings. The number of halogens is 2. The van der Waals surface area contributed by atoms with E-state index < -0.39 is 5.82 Å². The van der Waals surface area contributed by atoms with Crippen LogP contribution in [0.2, 0.25) is 5.02 Å². The van der Waals surface area contributed by atoms with Crippen molar-refractivity contribution in [3.63, 3.8) is 0 Å². The van der Waals surface area contributed by atoms with Crippen molar-refractivity contribution in [2.45, 2.75) is 0 Å². The lowest BCUT2D eigenvalue weighted by atomic mass is 10.5. The molecule has 1 aromatic heterocycles. The van der Waals surface area contributed by atoms with Crippen molar-refractivity contribution >= 4 is 11.6 Å². The van der Waals surface area contributed by atoms with Crippen molar-refractivity contribution in [3.05, 3.63) is 34.5 Å². The highest BCUT2D eigenvalue weighted by atomic mass is 35.5. The molecule has 0 saturated heterocycles. The molecular weight excluding hydrogens is 145 g/mol. The maximum Gasteiger partial charge on any atom is 0.329 e. The fraction of sp³-hybridized carbons (Fsp3) is 0. The van der Waals surface area contributed by atoms with Gasteiger partial charge in [-0.3, -0.25) is 0 Å². The van der Waals surface area contributed by atoms with Crippen LogP contribution in [0.25, 0.3) is 0 Å². The first-order chi connectivity index (χ1) is 4.18. The molecule has 47 valence electrons. The summed E-state index contributed by atoms with van der Waals surface area (Å²) >= 11 is 5.27. The Hall–Kier alpha value is -0.830. The Bertz CT molecular complexity index is 178. The third-order valence-electron chi connectivity index (χ3n) is 0.722. The van der Waals surface area contributed by atoms with Crippen LogP contribution in [-0.2, 0) is 0 Å². The molecule has 0 aromatic carbocycles. The normalized spacial score (nSPS) is 9.56. The van der Waals surface area contributed by atoms with Crippen molar-refractivity contribution in [1.29, 1.82) is 0 Å². The summed E-state index contributed by atoms with van der Waals surface area (Å²) in [6.07, 6.45) is 2.84. The zero-order valence-corrected chi connectivity index (χ0v) is 5.02. The second kappa shape index (κ2) is 2.19. The zero-order chi connectivity index (χ0) is 6.85. The number of aromatic nitrogens is 1. The number of hydrogen-bond acceptors (Lipinski definition) is 1. The van der Waals surface area contributed by atoms with Crippen LogP contribution in [0.1, 0.15) is 0 Å². The SMILES string of the molecule is [O-][n+]1[c]c(F)cc(Cl)c1. The van der Waals surface area contributed by atoms with Gasteiger partial charge in [0.25, 0.3) is 0 Å². The maximum absolute atomic E-state index is 12.1. The zero-order valence-electron chi connectivity index (χ0n) is 4.27. The van der Waals surface area contributed by atoms with Gasteiger partial charge in [0, 0.05) is 6.07 Å². The van der Waals surface area contributed by atoms with Gasteiger partial charge >= 0.3 is 6.20 Å². The van der Waals surface area contributed by atoms with Crippen LogP contribution in [0, 0.1) is 17.2 Å². The maximum atomic E-state index is 12.1. The predicted molar refractivity (Wildman–Crippen MR) is 29.2 cm³/mol. The minimum absolute atomic E-state index is 0.0706. The second-order valence-corrected chi connectivity index (χ2v) is 1.88. The van der Waals surface area contributed by atoms with E-state index in [1.807, 2.05) is 6.20 Å². The molecule has 0 spiro atoms. The number of nitrogens with zero attached hydrogens (tertiary/aromatic N) is 1. The van der Waals surface area contributed by atoms with Crippen molar-refractivity contribution in [2.24, 2.45) is 0 Å². The second-order valence-electron chi connectivity index (χ2n) is 1.44. The molecule has 0 aliphatic heterocycles. The standard InChI is InChI=1S/C5H2ClFNO/c6-4-1-5(7)3-8(9)2-4/h1-2H. The van der Waals surface area contributed by atoms with Gasteiger partial charge in [0.15, 0.2) is 6.20 Å². The number of hydrogen-bond donors (Lipinski definition) is 0. The van der Waals surface area contributed by atoms with E-state index in [0.29, 0.717) is 0 Å². The predicted octanol–water partition coefficient (Wildman–Crippen LogP) is 0.913. The Morgan fingerprint density at radius 2 is 2.44 bits per heavy atom. The van der Waals surface area contributed by atoms with E-state index in [0.717, 1.165) is 12.3 Å². The molecule has 1 heterocycles. The van der Waals surface area contributed by atoms with E-state index in [1.165, 1.54) is 0 Å². The van der Waals surface area contributed by atoms with Crippen molar-refractivity contribution in [2.75, 3.05) is 0 Å². The quantitative estimate of drug-likeness (QED) is 0.395. The lowest BCUT2D eigenvalue weighted by Crippen LogP contribution is -2.25. The van der Waals surface area contributed by atoms with Gasteiger partial charge in [-0.05, 0) is 0 Å². The summed E-state index contributed by atoms with van der Waals surface area (Å²) in [6.45, 7) is 0. The smallest absolute Gasteiger partial charge is 0.329 e. The van der Waals surface area contributed by atoms with Crippen molar-refractivity contribution in [3.8, 4) is 0 Å². The average Bonchev–Trinajstić information content (AvgIpc) is 1.59. The van der Waals surface area contributed by atoms with Crippen LogP contribution in [-0.4, -0.2) is 0 Å². The van der Waals surface area contributed by atoms with Crippen LogP contribution >= 0.6 is 11.6 Å². The Balaban J connectivity index is 3.17. The van der Waals surface area contributed by atoms with Gasteiger partial charge in [0.2, 0.25) is 5.82 Å². The molecule has 2 nitrogen and oxygen atoms in total. The summed E-state index contributed by atoms with van der Waals surface area (Å²) in [5, 5.41) is 10.3. The van der Waals surface area contributed by atoms with Crippen LogP contribution in [0.5, 0.6) is 0 Å². The third-order valence-corrected chi connectivity index (χ3v) is 0.929. The van der Waals surface area contributed by atoms with E-state index in [4.69, 9.17) is 11.6 Å². The van der Waals surface area contributed by atoms with Crippen molar-refractivity contribution < 1.29 is 9.12 Å². The lowest BCUT2D eigenvalue weighted by molar-refractivity contribution is -0.611. The highest BCUT2D eigenvalue weighted by Crippen LogP contribution is 2.04. The molecule has 0 aliphatic rings. The first-order valence-corrected chi connectivity index (χ1v) is 2.54. The Kier molecular flexibility index (Phi) is 1.53. The fourth-order valence-electron chi connectivity index (χ4n) is 0.440. The van der Waals surface area contributed by atoms with E-state index in [9.17, 15) is 9.60 Å². The highest BCUT2D eigenvalue weighted by Gasteiger charge is 1.99. The Morgan fingerprint density at radius 1 is 1.78 bits per heavy atom. The largest absolute Gasteiger partial charge is 0.618 e. The molecule has 1 rings (SSSR count). The molecule has 0 fully saturated rings. The Morgan fingerprint density at radius 3 is 2.89 bits per heavy atom. The lowest BCUT2D eigenvalue weighted by Gasteiger charge is -1.91. The molecule has 0 N–H and O–H groups in total. The number of pyridine rings is 1. The van der Waals surface area contributed by atoms with Crippen LogP contribution in [0.4, 0.5) is 4.39 Å².